The Morgan fingerprint density at radius 2 is 2.09 bits per heavy atom. The van der Waals surface area contributed by atoms with E-state index in [2.05, 4.69) is 5.32 Å². The predicted octanol–water partition coefficient (Wildman–Crippen LogP) is 1.52. The Bertz CT molecular complexity index is 814. The second-order valence-electron chi connectivity index (χ2n) is 5.62. The molecule has 7 nitrogen and oxygen atoms in total. The molecule has 3 amide bonds. The molecule has 0 bridgehead atoms. The van der Waals surface area contributed by atoms with E-state index in [1.54, 1.807) is 29.2 Å². The Hall–Kier alpha value is -2.83. The highest BCUT2D eigenvalue weighted by molar-refractivity contribution is 5.92. The number of likely N-dealkylation sites (tertiary alicyclic amines) is 1. The smallest absolute Gasteiger partial charge is 0.336 e. The molecule has 1 aliphatic rings. The van der Waals surface area contributed by atoms with E-state index in [0.29, 0.717) is 30.8 Å². The summed E-state index contributed by atoms with van der Waals surface area (Å²) in [5.41, 5.74) is 5.96. The van der Waals surface area contributed by atoms with Crippen molar-refractivity contribution < 1.29 is 14.0 Å². The Morgan fingerprint density at radius 1 is 1.26 bits per heavy atom. The van der Waals surface area contributed by atoms with E-state index in [4.69, 9.17) is 10.2 Å². The van der Waals surface area contributed by atoms with Gasteiger partial charge in [0.2, 0.25) is 5.91 Å². The second kappa shape index (κ2) is 6.12. The molecule has 0 aliphatic carbocycles. The zero-order valence-corrected chi connectivity index (χ0v) is 12.5. The molecule has 1 unspecified atom stereocenters. The first-order valence-electron chi connectivity index (χ1n) is 7.42. The lowest BCUT2D eigenvalue weighted by Crippen LogP contribution is -2.45. The summed E-state index contributed by atoms with van der Waals surface area (Å²) in [6.07, 6.45) is 1.47. The number of primary amides is 1. The van der Waals surface area contributed by atoms with Gasteiger partial charge in [-0.1, -0.05) is 0 Å². The molecular weight excluding hydrogens is 298 g/mol. The second-order valence-corrected chi connectivity index (χ2v) is 5.62. The lowest BCUT2D eigenvalue weighted by Gasteiger charge is -2.31. The number of carbonyl (C=O) groups excluding carboxylic acids is 2. The van der Waals surface area contributed by atoms with Crippen LogP contribution in [-0.4, -0.2) is 29.9 Å². The molecule has 0 radical (unpaired) electrons. The van der Waals surface area contributed by atoms with E-state index in [1.807, 2.05) is 0 Å². The van der Waals surface area contributed by atoms with Crippen LogP contribution in [0.15, 0.2) is 39.5 Å². The van der Waals surface area contributed by atoms with Crippen LogP contribution in [0.3, 0.4) is 0 Å². The molecule has 7 heteroatoms. The van der Waals surface area contributed by atoms with Crippen LogP contribution >= 0.6 is 0 Å². The Balaban J connectivity index is 1.73. The van der Waals surface area contributed by atoms with E-state index in [9.17, 15) is 14.4 Å². The van der Waals surface area contributed by atoms with E-state index < -0.39 is 5.63 Å². The summed E-state index contributed by atoms with van der Waals surface area (Å²) in [6.45, 7) is 0.932. The van der Waals surface area contributed by atoms with Crippen LogP contribution in [0.4, 0.5) is 10.5 Å². The predicted molar refractivity (Wildman–Crippen MR) is 85.0 cm³/mol. The van der Waals surface area contributed by atoms with Crippen molar-refractivity contribution in [1.82, 2.24) is 4.90 Å². The first-order valence-corrected chi connectivity index (χ1v) is 7.42. The standard InChI is InChI=1S/C16H17N3O4/c17-15(21)11-2-1-7-19(9-11)16(22)18-12-4-5-13-10(8-12)3-6-14(20)23-13/h3-6,8,11H,1-2,7,9H2,(H2,17,21)(H,18,22). The number of benzene rings is 1. The van der Waals surface area contributed by atoms with Gasteiger partial charge in [0.05, 0.1) is 5.92 Å². The van der Waals surface area contributed by atoms with Gasteiger partial charge in [0.1, 0.15) is 5.58 Å². The number of hydrogen-bond donors (Lipinski definition) is 2. The van der Waals surface area contributed by atoms with Crippen molar-refractivity contribution in [2.24, 2.45) is 11.7 Å². The summed E-state index contributed by atoms with van der Waals surface area (Å²) in [5.74, 6) is -0.663. The van der Waals surface area contributed by atoms with Gasteiger partial charge in [0.25, 0.3) is 0 Å². The molecule has 2 aromatic rings. The van der Waals surface area contributed by atoms with Crippen molar-refractivity contribution in [3.8, 4) is 0 Å². The van der Waals surface area contributed by atoms with Crippen LogP contribution in [0.2, 0.25) is 0 Å². The van der Waals surface area contributed by atoms with Gasteiger partial charge >= 0.3 is 11.7 Å². The van der Waals surface area contributed by atoms with Crippen LogP contribution in [0.5, 0.6) is 0 Å². The average molecular weight is 315 g/mol. The normalized spacial score (nSPS) is 17.9. The van der Waals surface area contributed by atoms with E-state index in [-0.39, 0.29) is 17.9 Å². The Morgan fingerprint density at radius 3 is 2.87 bits per heavy atom. The van der Waals surface area contributed by atoms with Gasteiger partial charge in [-0.3, -0.25) is 4.79 Å². The molecule has 1 aliphatic heterocycles. The van der Waals surface area contributed by atoms with E-state index in [1.165, 1.54) is 6.07 Å². The maximum absolute atomic E-state index is 12.3. The van der Waals surface area contributed by atoms with E-state index in [0.717, 1.165) is 11.8 Å². The third kappa shape index (κ3) is 3.33. The fraction of sp³-hybridized carbons (Fsp3) is 0.312. The van der Waals surface area contributed by atoms with Crippen LogP contribution in [-0.2, 0) is 4.79 Å². The lowest BCUT2D eigenvalue weighted by molar-refractivity contribution is -0.123. The van der Waals surface area contributed by atoms with Gasteiger partial charge < -0.3 is 20.4 Å². The monoisotopic (exact) mass is 315 g/mol. The molecule has 23 heavy (non-hydrogen) atoms. The summed E-state index contributed by atoms with van der Waals surface area (Å²) in [6, 6.07) is 7.73. The first-order chi connectivity index (χ1) is 11.0. The summed E-state index contributed by atoms with van der Waals surface area (Å²) in [7, 11) is 0. The molecule has 1 fully saturated rings. The third-order valence-electron chi connectivity index (χ3n) is 3.98. The molecule has 1 atom stereocenters. The van der Waals surface area contributed by atoms with Crippen molar-refractivity contribution in [2.45, 2.75) is 12.8 Å². The first kappa shape index (κ1) is 15.1. The number of urea groups is 1. The molecule has 3 rings (SSSR count). The minimum atomic E-state index is -0.417. The van der Waals surface area contributed by atoms with Crippen LogP contribution < -0.4 is 16.7 Å². The maximum Gasteiger partial charge on any atom is 0.336 e. The maximum atomic E-state index is 12.3. The fourth-order valence-electron chi connectivity index (χ4n) is 2.75. The zero-order chi connectivity index (χ0) is 16.4. The Kier molecular flexibility index (Phi) is 4.01. The number of nitrogens with two attached hydrogens (primary N) is 1. The van der Waals surface area contributed by atoms with Gasteiger partial charge in [-0.25, -0.2) is 9.59 Å². The number of fused-ring (bicyclic) bond motifs is 1. The van der Waals surface area contributed by atoms with Crippen molar-refractivity contribution in [2.75, 3.05) is 18.4 Å². The molecule has 2 heterocycles. The average Bonchev–Trinajstić information content (AvgIpc) is 2.55. The summed E-state index contributed by atoms with van der Waals surface area (Å²) in [5, 5.41) is 3.51. The molecular formula is C16H17N3O4. The molecule has 1 saturated heterocycles. The SMILES string of the molecule is NC(=O)C1CCCN(C(=O)Nc2ccc3oc(=O)ccc3c2)C1. The number of anilines is 1. The highest BCUT2D eigenvalue weighted by atomic mass is 16.4. The largest absolute Gasteiger partial charge is 0.423 e. The zero-order valence-electron chi connectivity index (χ0n) is 12.5. The van der Waals surface area contributed by atoms with Gasteiger partial charge in [-0.2, -0.15) is 0 Å². The number of amides is 3. The fourth-order valence-corrected chi connectivity index (χ4v) is 2.75. The van der Waals surface area contributed by atoms with Crippen LogP contribution in [0.1, 0.15) is 12.8 Å². The molecule has 120 valence electrons. The minimum absolute atomic E-state index is 0.271. The quantitative estimate of drug-likeness (QED) is 0.819. The highest BCUT2D eigenvalue weighted by Crippen LogP contribution is 2.20. The summed E-state index contributed by atoms with van der Waals surface area (Å²) in [4.78, 5) is 36.3. The number of rotatable bonds is 2. The molecule has 1 aromatic carbocycles. The van der Waals surface area contributed by atoms with Crippen LogP contribution in [0.25, 0.3) is 11.0 Å². The lowest BCUT2D eigenvalue weighted by atomic mass is 9.98. The van der Waals surface area contributed by atoms with Crippen molar-refractivity contribution in [1.29, 1.82) is 0 Å². The number of carbonyl (C=O) groups is 2. The summed E-state index contributed by atoms with van der Waals surface area (Å²) >= 11 is 0. The number of piperidine rings is 1. The van der Waals surface area contributed by atoms with Gasteiger partial charge in [-0.05, 0) is 37.1 Å². The molecule has 0 spiro atoms. The van der Waals surface area contributed by atoms with E-state index >= 15 is 0 Å². The number of nitrogens with one attached hydrogen (secondary N) is 1. The number of nitrogens with zero attached hydrogens (tertiary/aromatic N) is 1. The third-order valence-corrected chi connectivity index (χ3v) is 3.98. The van der Waals surface area contributed by atoms with Crippen molar-refractivity contribution >= 4 is 28.6 Å². The Labute approximate surface area is 132 Å². The highest BCUT2D eigenvalue weighted by Gasteiger charge is 2.26. The van der Waals surface area contributed by atoms with Gasteiger partial charge in [0, 0.05) is 30.2 Å². The summed E-state index contributed by atoms with van der Waals surface area (Å²) < 4.78 is 5.05. The molecule has 1 aromatic heterocycles. The topological polar surface area (TPSA) is 106 Å². The van der Waals surface area contributed by atoms with Crippen LogP contribution in [0, 0.1) is 5.92 Å². The number of hydrogen-bond acceptors (Lipinski definition) is 4. The molecule has 0 saturated carbocycles. The van der Waals surface area contributed by atoms with Crippen molar-refractivity contribution in [3.05, 3.63) is 40.8 Å². The van der Waals surface area contributed by atoms with Gasteiger partial charge in [-0.15, -0.1) is 0 Å². The van der Waals surface area contributed by atoms with Gasteiger partial charge in [0.15, 0.2) is 0 Å². The van der Waals surface area contributed by atoms with Crippen molar-refractivity contribution in [3.63, 3.8) is 0 Å². The minimum Gasteiger partial charge on any atom is -0.423 e. The molecule has 3 N–H and O–H groups in total.